The van der Waals surface area contributed by atoms with Gasteiger partial charge in [-0.25, -0.2) is 4.79 Å². The summed E-state index contributed by atoms with van der Waals surface area (Å²) < 4.78 is 10.4. The van der Waals surface area contributed by atoms with Gasteiger partial charge in [-0.2, -0.15) is 0 Å². The number of carbonyl (C=O) groups is 1. The van der Waals surface area contributed by atoms with Gasteiger partial charge in [0.05, 0.1) is 23.7 Å². The van der Waals surface area contributed by atoms with E-state index in [1.165, 1.54) is 11.0 Å². The van der Waals surface area contributed by atoms with E-state index >= 15 is 0 Å². The third kappa shape index (κ3) is 3.24. The topological polar surface area (TPSA) is 81.9 Å². The van der Waals surface area contributed by atoms with Crippen molar-refractivity contribution in [3.63, 3.8) is 0 Å². The smallest absolute Gasteiger partial charge is 0.410 e. The molecule has 1 saturated heterocycles. The minimum absolute atomic E-state index is 0.0465. The molecular formula is C13H16N2O5. The van der Waals surface area contributed by atoms with E-state index in [0.717, 1.165) is 0 Å². The second kappa shape index (κ2) is 6.33. The number of benzene rings is 1. The lowest BCUT2D eigenvalue weighted by molar-refractivity contribution is -0.386. The van der Waals surface area contributed by atoms with E-state index in [4.69, 9.17) is 9.47 Å². The number of nitrogens with zero attached hydrogens (tertiary/aromatic N) is 2. The summed E-state index contributed by atoms with van der Waals surface area (Å²) in [6.07, 6.45) is -1.15. The third-order valence-corrected chi connectivity index (χ3v) is 3.12. The van der Waals surface area contributed by atoms with Gasteiger partial charge in [0.1, 0.15) is 6.10 Å². The van der Waals surface area contributed by atoms with Crippen LogP contribution in [0.1, 0.15) is 18.6 Å². The molecule has 0 spiro atoms. The van der Waals surface area contributed by atoms with Crippen molar-refractivity contribution < 1.29 is 19.2 Å². The van der Waals surface area contributed by atoms with E-state index in [9.17, 15) is 14.9 Å². The number of nitro benzene ring substituents is 1. The Morgan fingerprint density at radius 3 is 2.70 bits per heavy atom. The Morgan fingerprint density at radius 2 is 2.05 bits per heavy atom. The van der Waals surface area contributed by atoms with Crippen LogP contribution in [-0.4, -0.2) is 42.2 Å². The van der Waals surface area contributed by atoms with Crippen molar-refractivity contribution in [2.45, 2.75) is 13.0 Å². The Hall–Kier alpha value is -2.15. The molecule has 0 N–H and O–H groups in total. The first-order valence-corrected chi connectivity index (χ1v) is 6.36. The van der Waals surface area contributed by atoms with E-state index in [0.29, 0.717) is 31.9 Å². The minimum atomic E-state index is -0.674. The Bertz CT molecular complexity index is 499. The van der Waals surface area contributed by atoms with Crippen molar-refractivity contribution in [2.75, 3.05) is 26.3 Å². The summed E-state index contributed by atoms with van der Waals surface area (Å²) >= 11 is 0. The quantitative estimate of drug-likeness (QED) is 0.625. The molecule has 1 heterocycles. The lowest BCUT2D eigenvalue weighted by Crippen LogP contribution is -2.41. The van der Waals surface area contributed by atoms with Crippen molar-refractivity contribution in [3.8, 4) is 0 Å². The van der Waals surface area contributed by atoms with Crippen LogP contribution in [0.3, 0.4) is 0 Å². The summed E-state index contributed by atoms with van der Waals surface area (Å²) in [7, 11) is 0. The van der Waals surface area contributed by atoms with Gasteiger partial charge < -0.3 is 14.4 Å². The normalized spacial score (nSPS) is 16.6. The second-order valence-corrected chi connectivity index (χ2v) is 4.44. The van der Waals surface area contributed by atoms with Crippen LogP contribution in [0.15, 0.2) is 24.3 Å². The predicted octanol–water partition coefficient (Wildman–Crippen LogP) is 2.12. The van der Waals surface area contributed by atoms with Gasteiger partial charge in [-0.15, -0.1) is 0 Å². The number of hydrogen-bond acceptors (Lipinski definition) is 5. The highest BCUT2D eigenvalue weighted by atomic mass is 16.6. The zero-order chi connectivity index (χ0) is 14.5. The predicted molar refractivity (Wildman–Crippen MR) is 70.4 cm³/mol. The molecule has 0 aromatic heterocycles. The molecule has 1 unspecified atom stereocenters. The number of ether oxygens (including phenoxy) is 2. The fourth-order valence-corrected chi connectivity index (χ4v) is 2.03. The summed E-state index contributed by atoms with van der Waals surface area (Å²) in [6.45, 7) is 3.54. The molecule has 1 amide bonds. The van der Waals surface area contributed by atoms with Crippen molar-refractivity contribution in [1.82, 2.24) is 4.90 Å². The maximum atomic E-state index is 11.9. The zero-order valence-corrected chi connectivity index (χ0v) is 11.2. The zero-order valence-electron chi connectivity index (χ0n) is 11.2. The van der Waals surface area contributed by atoms with Gasteiger partial charge in [0.25, 0.3) is 5.69 Å². The largest absolute Gasteiger partial charge is 0.441 e. The van der Waals surface area contributed by atoms with Crippen LogP contribution in [0.2, 0.25) is 0 Å². The molecule has 0 aliphatic carbocycles. The highest BCUT2D eigenvalue weighted by molar-refractivity contribution is 5.68. The monoisotopic (exact) mass is 280 g/mol. The molecule has 0 bridgehead atoms. The fourth-order valence-electron chi connectivity index (χ4n) is 2.03. The molecule has 1 fully saturated rings. The molecule has 0 saturated carbocycles. The van der Waals surface area contributed by atoms with Gasteiger partial charge in [-0.1, -0.05) is 12.1 Å². The Balaban J connectivity index is 2.06. The third-order valence-electron chi connectivity index (χ3n) is 3.12. The van der Waals surface area contributed by atoms with Crippen LogP contribution >= 0.6 is 0 Å². The first-order chi connectivity index (χ1) is 9.59. The van der Waals surface area contributed by atoms with Crippen LogP contribution in [0.5, 0.6) is 0 Å². The highest BCUT2D eigenvalue weighted by Gasteiger charge is 2.24. The molecule has 2 rings (SSSR count). The molecular weight excluding hydrogens is 264 g/mol. The Morgan fingerprint density at radius 1 is 1.40 bits per heavy atom. The Kier molecular flexibility index (Phi) is 4.52. The molecule has 108 valence electrons. The average molecular weight is 280 g/mol. The van der Waals surface area contributed by atoms with Crippen LogP contribution in [0.4, 0.5) is 10.5 Å². The van der Waals surface area contributed by atoms with E-state index in [1.54, 1.807) is 25.1 Å². The number of hydrogen-bond donors (Lipinski definition) is 0. The molecule has 1 aromatic carbocycles. The van der Waals surface area contributed by atoms with Crippen LogP contribution in [-0.2, 0) is 9.47 Å². The summed E-state index contributed by atoms with van der Waals surface area (Å²) in [6, 6.07) is 6.25. The van der Waals surface area contributed by atoms with Crippen molar-refractivity contribution >= 4 is 11.8 Å². The molecule has 0 radical (unpaired) electrons. The van der Waals surface area contributed by atoms with Crippen LogP contribution in [0.25, 0.3) is 0 Å². The number of carbonyl (C=O) groups excluding carboxylic acids is 1. The average Bonchev–Trinajstić information content (AvgIpc) is 2.48. The maximum Gasteiger partial charge on any atom is 0.410 e. The molecule has 1 atom stereocenters. The van der Waals surface area contributed by atoms with Gasteiger partial charge in [0, 0.05) is 19.2 Å². The number of nitro groups is 1. The van der Waals surface area contributed by atoms with E-state index in [1.807, 2.05) is 0 Å². The number of rotatable bonds is 3. The summed E-state index contributed by atoms with van der Waals surface area (Å²) in [5.74, 6) is 0. The van der Waals surface area contributed by atoms with Crippen molar-refractivity contribution in [1.29, 1.82) is 0 Å². The van der Waals surface area contributed by atoms with Crippen molar-refractivity contribution in [3.05, 3.63) is 39.9 Å². The lowest BCUT2D eigenvalue weighted by atomic mass is 10.1. The molecule has 1 aliphatic heterocycles. The van der Waals surface area contributed by atoms with E-state index in [-0.39, 0.29) is 5.69 Å². The number of para-hydroxylation sites is 1. The first kappa shape index (κ1) is 14.3. The van der Waals surface area contributed by atoms with Gasteiger partial charge in [0.15, 0.2) is 0 Å². The maximum absolute atomic E-state index is 11.9. The second-order valence-electron chi connectivity index (χ2n) is 4.44. The Labute approximate surface area is 116 Å². The van der Waals surface area contributed by atoms with Gasteiger partial charge in [-0.3, -0.25) is 10.1 Å². The summed E-state index contributed by atoms with van der Waals surface area (Å²) in [4.78, 5) is 24.0. The lowest BCUT2D eigenvalue weighted by Gasteiger charge is -2.27. The van der Waals surface area contributed by atoms with Gasteiger partial charge in [0.2, 0.25) is 0 Å². The standard InChI is InChI=1S/C13H16N2O5/c1-10(11-4-2-3-5-12(11)15(17)18)20-13(16)14-6-8-19-9-7-14/h2-5,10H,6-9H2,1H3. The fraction of sp³-hybridized carbons (Fsp3) is 0.462. The van der Waals surface area contributed by atoms with Crippen LogP contribution < -0.4 is 0 Å². The molecule has 1 aliphatic rings. The molecule has 20 heavy (non-hydrogen) atoms. The molecule has 1 aromatic rings. The van der Waals surface area contributed by atoms with E-state index < -0.39 is 17.1 Å². The number of morpholine rings is 1. The van der Waals surface area contributed by atoms with Gasteiger partial charge >= 0.3 is 6.09 Å². The van der Waals surface area contributed by atoms with Crippen LogP contribution in [0, 0.1) is 10.1 Å². The summed E-state index contributed by atoms with van der Waals surface area (Å²) in [5.41, 5.74) is 0.342. The molecule has 7 nitrogen and oxygen atoms in total. The SMILES string of the molecule is CC(OC(=O)N1CCOCC1)c1ccccc1[N+](=O)[O-]. The molecule has 7 heteroatoms. The van der Waals surface area contributed by atoms with Crippen molar-refractivity contribution in [2.24, 2.45) is 0 Å². The highest BCUT2D eigenvalue weighted by Crippen LogP contribution is 2.27. The van der Waals surface area contributed by atoms with Gasteiger partial charge in [-0.05, 0) is 13.0 Å². The number of amides is 1. The van der Waals surface area contributed by atoms with E-state index in [2.05, 4.69) is 0 Å². The minimum Gasteiger partial charge on any atom is -0.441 e. The first-order valence-electron chi connectivity index (χ1n) is 6.36. The summed E-state index contributed by atoms with van der Waals surface area (Å²) in [5, 5.41) is 11.0.